The van der Waals surface area contributed by atoms with Gasteiger partial charge in [-0.05, 0) is 48.7 Å². The van der Waals surface area contributed by atoms with Crippen molar-refractivity contribution in [3.05, 3.63) is 65.2 Å². The van der Waals surface area contributed by atoms with Crippen LogP contribution in [0.3, 0.4) is 0 Å². The van der Waals surface area contributed by atoms with Crippen molar-refractivity contribution >= 4 is 17.8 Å². The van der Waals surface area contributed by atoms with E-state index in [9.17, 15) is 14.7 Å². The van der Waals surface area contributed by atoms with Gasteiger partial charge in [-0.3, -0.25) is 9.59 Å². The summed E-state index contributed by atoms with van der Waals surface area (Å²) < 4.78 is 5.01. The molecule has 5 nitrogen and oxygen atoms in total. The smallest absolute Gasteiger partial charge is 0.253 e. The molecule has 0 aliphatic carbocycles. The zero-order valence-electron chi connectivity index (χ0n) is 14.6. The van der Waals surface area contributed by atoms with Crippen LogP contribution in [0.25, 0.3) is 6.08 Å². The zero-order valence-corrected chi connectivity index (χ0v) is 14.6. The Balaban J connectivity index is 1.68. The number of ketones is 1. The minimum Gasteiger partial charge on any atom is -0.507 e. The topological polar surface area (TPSA) is 66.8 Å². The molecule has 1 amide bonds. The predicted molar refractivity (Wildman–Crippen MR) is 99.6 cm³/mol. The predicted octanol–water partition coefficient (Wildman–Crippen LogP) is 3.53. The number of nitrogens with zero attached hydrogens (tertiary/aromatic N) is 1. The molecule has 2 aromatic rings. The van der Waals surface area contributed by atoms with Crippen molar-refractivity contribution in [1.29, 1.82) is 0 Å². The number of amides is 1. The van der Waals surface area contributed by atoms with Crippen LogP contribution in [0, 0.1) is 0 Å². The standard InChI is InChI=1S/C21H21NO4/c1-26-17-9-10-18(20(24)14-17)19(23)11-6-15-4-7-16(8-5-15)21(25)22-12-2-3-13-22/h4-11,14,24H,2-3,12-13H2,1H3/b11-6+. The van der Waals surface area contributed by atoms with E-state index in [4.69, 9.17) is 4.74 Å². The summed E-state index contributed by atoms with van der Waals surface area (Å²) in [5.41, 5.74) is 1.68. The summed E-state index contributed by atoms with van der Waals surface area (Å²) in [7, 11) is 1.49. The van der Waals surface area contributed by atoms with Crippen molar-refractivity contribution in [1.82, 2.24) is 4.90 Å². The molecule has 1 N–H and O–H groups in total. The average molecular weight is 351 g/mol. The third-order valence-corrected chi connectivity index (χ3v) is 4.45. The van der Waals surface area contributed by atoms with Crippen LogP contribution in [-0.2, 0) is 0 Å². The second kappa shape index (κ2) is 7.87. The van der Waals surface area contributed by atoms with Crippen molar-refractivity contribution in [2.45, 2.75) is 12.8 Å². The minimum atomic E-state index is -0.303. The van der Waals surface area contributed by atoms with Gasteiger partial charge in [0.2, 0.25) is 0 Å². The Hall–Kier alpha value is -3.08. The van der Waals surface area contributed by atoms with Gasteiger partial charge in [0.05, 0.1) is 12.7 Å². The lowest BCUT2D eigenvalue weighted by molar-refractivity contribution is 0.0792. The molecule has 1 saturated heterocycles. The minimum absolute atomic E-state index is 0.0530. The van der Waals surface area contributed by atoms with Gasteiger partial charge in [0, 0.05) is 24.7 Å². The number of benzene rings is 2. The van der Waals surface area contributed by atoms with Crippen molar-refractivity contribution in [3.63, 3.8) is 0 Å². The number of allylic oxidation sites excluding steroid dienone is 1. The van der Waals surface area contributed by atoms with E-state index in [1.54, 1.807) is 36.4 Å². The second-order valence-electron chi connectivity index (χ2n) is 6.20. The van der Waals surface area contributed by atoms with Crippen molar-refractivity contribution < 1.29 is 19.4 Å². The Morgan fingerprint density at radius 3 is 2.38 bits per heavy atom. The fourth-order valence-electron chi connectivity index (χ4n) is 2.95. The number of phenolic OH excluding ortho intramolecular Hbond substituents is 1. The molecule has 134 valence electrons. The third-order valence-electron chi connectivity index (χ3n) is 4.45. The van der Waals surface area contributed by atoms with Gasteiger partial charge in [-0.25, -0.2) is 0 Å². The van der Waals surface area contributed by atoms with Crippen LogP contribution in [0.2, 0.25) is 0 Å². The van der Waals surface area contributed by atoms with Crippen LogP contribution >= 0.6 is 0 Å². The van der Waals surface area contributed by atoms with E-state index in [2.05, 4.69) is 0 Å². The Labute approximate surface area is 152 Å². The number of aromatic hydroxyl groups is 1. The zero-order chi connectivity index (χ0) is 18.5. The number of hydrogen-bond donors (Lipinski definition) is 1. The Bertz CT molecular complexity index is 834. The third kappa shape index (κ3) is 3.94. The molecule has 0 atom stereocenters. The number of phenols is 1. The molecule has 1 aliphatic heterocycles. The van der Waals surface area contributed by atoms with E-state index in [0.29, 0.717) is 11.3 Å². The Morgan fingerprint density at radius 1 is 1.08 bits per heavy atom. The fraction of sp³-hybridized carbons (Fsp3) is 0.238. The molecule has 5 heteroatoms. The van der Waals surface area contributed by atoms with Gasteiger partial charge in [-0.2, -0.15) is 0 Å². The molecule has 1 heterocycles. The lowest BCUT2D eigenvalue weighted by Crippen LogP contribution is -2.27. The van der Waals surface area contributed by atoms with Crippen molar-refractivity contribution in [3.8, 4) is 11.5 Å². The van der Waals surface area contributed by atoms with E-state index in [1.807, 2.05) is 4.90 Å². The van der Waals surface area contributed by atoms with Gasteiger partial charge in [0.15, 0.2) is 5.78 Å². The molecule has 1 aliphatic rings. The Kier molecular flexibility index (Phi) is 5.37. The molecule has 1 fully saturated rings. The first-order valence-corrected chi connectivity index (χ1v) is 8.57. The second-order valence-corrected chi connectivity index (χ2v) is 6.20. The van der Waals surface area contributed by atoms with Crippen molar-refractivity contribution in [2.24, 2.45) is 0 Å². The molecule has 0 aromatic heterocycles. The van der Waals surface area contributed by atoms with E-state index >= 15 is 0 Å². The van der Waals surface area contributed by atoms with Crippen LogP contribution in [0.4, 0.5) is 0 Å². The van der Waals surface area contributed by atoms with Crippen LogP contribution in [-0.4, -0.2) is 41.9 Å². The summed E-state index contributed by atoms with van der Waals surface area (Å²) in [6.07, 6.45) is 5.19. The molecule has 2 aromatic carbocycles. The number of hydrogen-bond acceptors (Lipinski definition) is 4. The normalized spacial score (nSPS) is 14.0. The van der Waals surface area contributed by atoms with E-state index < -0.39 is 0 Å². The van der Waals surface area contributed by atoms with Gasteiger partial charge in [-0.1, -0.05) is 18.2 Å². The highest BCUT2D eigenvalue weighted by Gasteiger charge is 2.19. The molecular weight excluding hydrogens is 330 g/mol. The average Bonchev–Trinajstić information content (AvgIpc) is 3.20. The molecule has 0 saturated carbocycles. The molecule has 26 heavy (non-hydrogen) atoms. The molecule has 0 unspecified atom stereocenters. The highest BCUT2D eigenvalue weighted by atomic mass is 16.5. The van der Waals surface area contributed by atoms with Gasteiger partial charge < -0.3 is 14.7 Å². The summed E-state index contributed by atoms with van der Waals surface area (Å²) in [5, 5.41) is 9.91. The van der Waals surface area contributed by atoms with Gasteiger partial charge in [-0.15, -0.1) is 0 Å². The number of methoxy groups -OCH3 is 1. The number of carbonyl (C=O) groups excluding carboxylic acids is 2. The summed E-state index contributed by atoms with van der Waals surface area (Å²) in [4.78, 5) is 26.4. The summed E-state index contributed by atoms with van der Waals surface area (Å²) in [5.74, 6) is 0.117. The first-order valence-electron chi connectivity index (χ1n) is 8.57. The van der Waals surface area contributed by atoms with Crippen LogP contribution in [0.5, 0.6) is 11.5 Å². The number of carbonyl (C=O) groups is 2. The first-order chi connectivity index (χ1) is 12.6. The van der Waals surface area contributed by atoms with E-state index in [1.165, 1.54) is 25.3 Å². The largest absolute Gasteiger partial charge is 0.507 e. The quantitative estimate of drug-likeness (QED) is 0.661. The summed E-state index contributed by atoms with van der Waals surface area (Å²) in [6.45, 7) is 1.64. The first kappa shape index (κ1) is 17.7. The van der Waals surface area contributed by atoms with Crippen LogP contribution in [0.15, 0.2) is 48.5 Å². The lowest BCUT2D eigenvalue weighted by Gasteiger charge is -2.15. The van der Waals surface area contributed by atoms with Gasteiger partial charge in [0.25, 0.3) is 5.91 Å². The lowest BCUT2D eigenvalue weighted by atomic mass is 10.1. The molecular formula is C21H21NO4. The summed E-state index contributed by atoms with van der Waals surface area (Å²) >= 11 is 0. The van der Waals surface area contributed by atoms with Crippen LogP contribution < -0.4 is 4.74 Å². The SMILES string of the molecule is COc1ccc(C(=O)/C=C/c2ccc(C(=O)N3CCCC3)cc2)c(O)c1. The van der Waals surface area contributed by atoms with E-state index in [-0.39, 0.29) is 23.0 Å². The van der Waals surface area contributed by atoms with Gasteiger partial charge in [0.1, 0.15) is 11.5 Å². The maximum atomic E-state index is 12.3. The van der Waals surface area contributed by atoms with Crippen molar-refractivity contribution in [2.75, 3.05) is 20.2 Å². The molecule has 0 bridgehead atoms. The Morgan fingerprint density at radius 2 is 1.77 bits per heavy atom. The maximum absolute atomic E-state index is 12.3. The number of ether oxygens (including phenoxy) is 1. The molecule has 0 spiro atoms. The highest BCUT2D eigenvalue weighted by Crippen LogP contribution is 2.24. The maximum Gasteiger partial charge on any atom is 0.253 e. The molecule has 3 rings (SSSR count). The van der Waals surface area contributed by atoms with Crippen LogP contribution in [0.1, 0.15) is 39.1 Å². The monoisotopic (exact) mass is 351 g/mol. The fourth-order valence-corrected chi connectivity index (χ4v) is 2.95. The number of likely N-dealkylation sites (tertiary alicyclic amines) is 1. The molecule has 0 radical (unpaired) electrons. The van der Waals surface area contributed by atoms with E-state index in [0.717, 1.165) is 31.5 Å². The summed E-state index contributed by atoms with van der Waals surface area (Å²) in [6, 6.07) is 11.7. The van der Waals surface area contributed by atoms with Gasteiger partial charge >= 0.3 is 0 Å². The highest BCUT2D eigenvalue weighted by molar-refractivity contribution is 6.08. The number of rotatable bonds is 5.